The Balaban J connectivity index is 1.30. The highest BCUT2D eigenvalue weighted by molar-refractivity contribution is 5.95. The average molecular weight is 467 g/mol. The Hall–Kier alpha value is -3.60. The normalized spacial score (nSPS) is 23.3. The Labute approximate surface area is 206 Å². The van der Waals surface area contributed by atoms with Crippen LogP contribution in [0.3, 0.4) is 0 Å². The van der Waals surface area contributed by atoms with Crippen molar-refractivity contribution in [2.75, 3.05) is 50.1 Å². The van der Waals surface area contributed by atoms with Gasteiger partial charge in [0, 0.05) is 69.0 Å². The summed E-state index contributed by atoms with van der Waals surface area (Å²) >= 11 is 0. The van der Waals surface area contributed by atoms with E-state index in [9.17, 15) is 5.26 Å². The topological polar surface area (TPSA) is 67.7 Å². The zero-order chi connectivity index (χ0) is 24.1. The Kier molecular flexibility index (Phi) is 5.36. The number of piperazine rings is 1. The molecule has 35 heavy (non-hydrogen) atoms. The number of fused-ring (bicyclic) bond motifs is 4. The van der Waals surface area contributed by atoms with Gasteiger partial charge in [0.1, 0.15) is 6.07 Å². The molecule has 3 aromatic rings. The van der Waals surface area contributed by atoms with Gasteiger partial charge in [-0.25, -0.2) is 0 Å². The van der Waals surface area contributed by atoms with Gasteiger partial charge in [-0.3, -0.25) is 4.98 Å². The van der Waals surface area contributed by atoms with E-state index in [1.807, 2.05) is 12.1 Å². The number of likely N-dealkylation sites (N-methyl/N-ethyl adjacent to an activating group) is 1. The summed E-state index contributed by atoms with van der Waals surface area (Å²) in [6.07, 6.45) is 1.95. The van der Waals surface area contributed by atoms with Crippen LogP contribution >= 0.6 is 0 Å². The van der Waals surface area contributed by atoms with Gasteiger partial charge in [0.2, 0.25) is 0 Å². The number of rotatable bonds is 4. The molecule has 0 spiro atoms. The van der Waals surface area contributed by atoms with Crippen LogP contribution in [0.15, 0.2) is 60.9 Å². The van der Waals surface area contributed by atoms with Gasteiger partial charge >= 0.3 is 0 Å². The molecule has 0 radical (unpaired) electrons. The highest BCUT2D eigenvalue weighted by Crippen LogP contribution is 2.43. The van der Waals surface area contributed by atoms with E-state index >= 15 is 0 Å². The summed E-state index contributed by atoms with van der Waals surface area (Å²) in [4.78, 5) is 11.7. The number of nitrogens with zero attached hydrogens (tertiary/aromatic N) is 5. The van der Waals surface area contributed by atoms with Gasteiger partial charge in [0.05, 0.1) is 35.8 Å². The molecule has 3 aliphatic rings. The third kappa shape index (κ3) is 3.53. The van der Waals surface area contributed by atoms with E-state index in [0.717, 1.165) is 55.0 Å². The summed E-state index contributed by atoms with van der Waals surface area (Å²) in [5.41, 5.74) is 7.57. The molecule has 7 nitrogen and oxygen atoms in total. The zero-order valence-corrected chi connectivity index (χ0v) is 20.2. The van der Waals surface area contributed by atoms with Crippen LogP contribution in [0.5, 0.6) is 0 Å². The second kappa shape index (κ2) is 8.56. The maximum atomic E-state index is 9.53. The van der Waals surface area contributed by atoms with Gasteiger partial charge in [-0.2, -0.15) is 5.26 Å². The van der Waals surface area contributed by atoms with Crippen molar-refractivity contribution in [3.8, 4) is 6.07 Å². The number of hydrogen-bond acceptors (Lipinski definition) is 7. The third-order valence-electron chi connectivity index (χ3n) is 7.92. The summed E-state index contributed by atoms with van der Waals surface area (Å²) in [6.45, 7) is 8.79. The van der Waals surface area contributed by atoms with E-state index in [0.29, 0.717) is 11.6 Å². The van der Waals surface area contributed by atoms with Crippen LogP contribution in [0.25, 0.3) is 10.9 Å². The van der Waals surface area contributed by atoms with Crippen LogP contribution in [0, 0.1) is 11.3 Å². The van der Waals surface area contributed by atoms with Crippen LogP contribution in [-0.2, 0) is 11.3 Å². The van der Waals surface area contributed by atoms with Crippen LogP contribution in [0.2, 0.25) is 0 Å². The third-order valence-corrected chi connectivity index (χ3v) is 7.92. The largest absolute Gasteiger partial charge is 0.378 e. The molecule has 2 fully saturated rings. The van der Waals surface area contributed by atoms with Gasteiger partial charge < -0.3 is 24.8 Å². The van der Waals surface area contributed by atoms with E-state index in [1.165, 1.54) is 16.8 Å². The number of anilines is 2. The molecule has 178 valence electrons. The number of methoxy groups -OCH3 is 1. The molecule has 0 saturated carbocycles. The van der Waals surface area contributed by atoms with Gasteiger partial charge in [-0.1, -0.05) is 12.6 Å². The predicted molar refractivity (Wildman–Crippen MR) is 138 cm³/mol. The standard InChI is InChI=1S/C28H30N6O/c1-18-15-33(24-9-6-19(12-29)28-23(24)5-4-10-31-28)17-26-22-8-7-21(11-20(22)16-34(18)26)32(2)25-13-30-14-27(25)35-3/h4-11,25-27,30H,1,13-17H2,2-3H3/t25-,26+,27-/m0/s1. The maximum Gasteiger partial charge on any atom is 0.101 e. The number of nitrogens with one attached hydrogen (secondary N) is 1. The van der Waals surface area contributed by atoms with E-state index in [-0.39, 0.29) is 12.1 Å². The second-order valence-corrected chi connectivity index (χ2v) is 9.73. The molecular formula is C28H30N6O. The van der Waals surface area contributed by atoms with Crippen LogP contribution in [0.1, 0.15) is 22.7 Å². The first-order chi connectivity index (χ1) is 17.1. The highest BCUT2D eigenvalue weighted by atomic mass is 16.5. The smallest absolute Gasteiger partial charge is 0.101 e. The van der Waals surface area contributed by atoms with Gasteiger partial charge in [-0.15, -0.1) is 0 Å². The van der Waals surface area contributed by atoms with E-state index in [1.54, 1.807) is 13.3 Å². The van der Waals surface area contributed by atoms with Crippen molar-refractivity contribution < 1.29 is 4.74 Å². The summed E-state index contributed by atoms with van der Waals surface area (Å²) in [5.74, 6) is 0. The quantitative estimate of drug-likeness (QED) is 0.632. The van der Waals surface area contributed by atoms with Crippen LogP contribution in [-0.4, -0.2) is 62.4 Å². The molecule has 3 atom stereocenters. The lowest BCUT2D eigenvalue weighted by atomic mass is 10.00. The molecular weight excluding hydrogens is 436 g/mol. The number of ether oxygens (including phenoxy) is 1. The van der Waals surface area contributed by atoms with Crippen molar-refractivity contribution in [1.82, 2.24) is 15.2 Å². The SMILES string of the molecule is C=C1CN(c2ccc(C#N)c3ncccc23)C[C@@H]2c3ccc(N(C)[C@H]4CNC[C@@H]4OC)cc3CN12. The maximum absolute atomic E-state index is 9.53. The van der Waals surface area contributed by atoms with Crippen molar-refractivity contribution in [2.24, 2.45) is 0 Å². The highest BCUT2D eigenvalue weighted by Gasteiger charge is 2.38. The predicted octanol–water partition coefficient (Wildman–Crippen LogP) is 3.42. The average Bonchev–Trinajstić information content (AvgIpc) is 3.52. The molecule has 1 aromatic heterocycles. The minimum atomic E-state index is 0.199. The first-order valence-corrected chi connectivity index (χ1v) is 12.2. The molecule has 1 N–H and O–H groups in total. The summed E-state index contributed by atoms with van der Waals surface area (Å²) in [5, 5.41) is 14.0. The Morgan fingerprint density at radius 2 is 2.09 bits per heavy atom. The van der Waals surface area contributed by atoms with Gasteiger partial charge in [-0.05, 0) is 47.5 Å². The number of benzene rings is 2. The number of aromatic nitrogens is 1. The Morgan fingerprint density at radius 1 is 1.20 bits per heavy atom. The van der Waals surface area contributed by atoms with E-state index in [2.05, 4.69) is 75.0 Å². The van der Waals surface area contributed by atoms with Crippen molar-refractivity contribution >= 4 is 22.3 Å². The lowest BCUT2D eigenvalue weighted by molar-refractivity contribution is 0.105. The second-order valence-electron chi connectivity index (χ2n) is 9.73. The monoisotopic (exact) mass is 466 g/mol. The molecule has 0 unspecified atom stereocenters. The first kappa shape index (κ1) is 21.9. The summed E-state index contributed by atoms with van der Waals surface area (Å²) < 4.78 is 5.70. The fourth-order valence-electron chi connectivity index (χ4n) is 6.01. The molecule has 2 saturated heterocycles. The van der Waals surface area contributed by atoms with E-state index in [4.69, 9.17) is 4.74 Å². The van der Waals surface area contributed by atoms with Crippen LogP contribution < -0.4 is 15.1 Å². The molecule has 0 bridgehead atoms. The Bertz CT molecular complexity index is 1350. The molecule has 0 aliphatic carbocycles. The summed E-state index contributed by atoms with van der Waals surface area (Å²) in [6, 6.07) is 17.7. The molecule has 2 aromatic carbocycles. The zero-order valence-electron chi connectivity index (χ0n) is 20.2. The minimum absolute atomic E-state index is 0.199. The van der Waals surface area contributed by atoms with Crippen LogP contribution in [0.4, 0.5) is 11.4 Å². The first-order valence-electron chi connectivity index (χ1n) is 12.2. The molecule has 6 rings (SSSR count). The lowest BCUT2D eigenvalue weighted by Gasteiger charge is -2.42. The van der Waals surface area contributed by atoms with Crippen molar-refractivity contribution in [3.05, 3.63) is 77.6 Å². The minimum Gasteiger partial charge on any atom is -0.378 e. The van der Waals surface area contributed by atoms with Gasteiger partial charge in [0.25, 0.3) is 0 Å². The number of hydrogen-bond donors (Lipinski definition) is 1. The Morgan fingerprint density at radius 3 is 2.91 bits per heavy atom. The van der Waals surface area contributed by atoms with E-state index < -0.39 is 0 Å². The molecule has 7 heteroatoms. The number of pyridine rings is 1. The van der Waals surface area contributed by atoms with Gasteiger partial charge in [0.15, 0.2) is 0 Å². The summed E-state index contributed by atoms with van der Waals surface area (Å²) in [7, 11) is 3.96. The van der Waals surface area contributed by atoms with Crippen molar-refractivity contribution in [1.29, 1.82) is 5.26 Å². The lowest BCUT2D eigenvalue weighted by Crippen LogP contribution is -2.43. The number of nitriles is 1. The fourth-order valence-corrected chi connectivity index (χ4v) is 6.01. The molecule has 3 aliphatic heterocycles. The molecule has 0 amide bonds. The van der Waals surface area contributed by atoms with Crippen molar-refractivity contribution in [2.45, 2.75) is 24.7 Å². The van der Waals surface area contributed by atoms with Crippen molar-refractivity contribution in [3.63, 3.8) is 0 Å². The molecule has 4 heterocycles. The fraction of sp³-hybridized carbons (Fsp3) is 0.357.